The second-order valence-corrected chi connectivity index (χ2v) is 3.82. The van der Waals surface area contributed by atoms with Gasteiger partial charge in [0.2, 0.25) is 0 Å². The standard InChI is InChI=1S/C13H15N3/c1-10-6-7-14-8-12(10)9-15-13-5-3-4-11(2)16-13/h3-8H,9H2,1-2H3,(H,15,16). The van der Waals surface area contributed by atoms with Crippen LogP contribution in [-0.2, 0) is 6.54 Å². The van der Waals surface area contributed by atoms with Gasteiger partial charge in [-0.2, -0.15) is 0 Å². The lowest BCUT2D eigenvalue weighted by Gasteiger charge is -2.07. The number of aromatic nitrogens is 2. The van der Waals surface area contributed by atoms with Crippen LogP contribution >= 0.6 is 0 Å². The molecule has 0 saturated heterocycles. The minimum atomic E-state index is 0.760. The number of nitrogens with zero attached hydrogens (tertiary/aromatic N) is 2. The van der Waals surface area contributed by atoms with E-state index in [0.29, 0.717) is 0 Å². The van der Waals surface area contributed by atoms with Crippen LogP contribution in [0.15, 0.2) is 36.7 Å². The van der Waals surface area contributed by atoms with Crippen molar-refractivity contribution in [2.75, 3.05) is 5.32 Å². The molecule has 0 spiro atoms. The van der Waals surface area contributed by atoms with E-state index in [-0.39, 0.29) is 0 Å². The number of hydrogen-bond acceptors (Lipinski definition) is 3. The van der Waals surface area contributed by atoms with Gasteiger partial charge in [-0.05, 0) is 43.2 Å². The highest BCUT2D eigenvalue weighted by atomic mass is 15.0. The summed E-state index contributed by atoms with van der Waals surface area (Å²) in [5, 5.41) is 3.29. The molecule has 2 aromatic heterocycles. The summed E-state index contributed by atoms with van der Waals surface area (Å²) >= 11 is 0. The van der Waals surface area contributed by atoms with Crippen LogP contribution in [0.25, 0.3) is 0 Å². The first-order valence-corrected chi connectivity index (χ1v) is 5.33. The van der Waals surface area contributed by atoms with Crippen molar-refractivity contribution in [1.82, 2.24) is 9.97 Å². The Morgan fingerprint density at radius 2 is 2.06 bits per heavy atom. The number of rotatable bonds is 3. The third-order valence-electron chi connectivity index (χ3n) is 2.50. The molecule has 0 aliphatic rings. The zero-order valence-electron chi connectivity index (χ0n) is 9.57. The van der Waals surface area contributed by atoms with E-state index < -0.39 is 0 Å². The monoisotopic (exact) mass is 213 g/mol. The average molecular weight is 213 g/mol. The van der Waals surface area contributed by atoms with Gasteiger partial charge in [-0.25, -0.2) is 4.98 Å². The van der Waals surface area contributed by atoms with E-state index in [2.05, 4.69) is 22.2 Å². The van der Waals surface area contributed by atoms with E-state index in [1.54, 1.807) is 0 Å². The number of anilines is 1. The Kier molecular flexibility index (Phi) is 3.15. The Balaban J connectivity index is 2.05. The van der Waals surface area contributed by atoms with Gasteiger partial charge in [0.15, 0.2) is 0 Å². The van der Waals surface area contributed by atoms with Gasteiger partial charge in [-0.15, -0.1) is 0 Å². The van der Waals surface area contributed by atoms with Gasteiger partial charge in [0, 0.05) is 24.6 Å². The maximum absolute atomic E-state index is 4.39. The fourth-order valence-electron chi connectivity index (χ4n) is 1.51. The van der Waals surface area contributed by atoms with Crippen molar-refractivity contribution in [3.05, 3.63) is 53.5 Å². The fourth-order valence-corrected chi connectivity index (χ4v) is 1.51. The summed E-state index contributed by atoms with van der Waals surface area (Å²) in [5.41, 5.74) is 3.47. The molecule has 2 rings (SSSR count). The third-order valence-corrected chi connectivity index (χ3v) is 2.50. The summed E-state index contributed by atoms with van der Waals surface area (Å²) < 4.78 is 0. The summed E-state index contributed by atoms with van der Waals surface area (Å²) in [6.45, 7) is 4.83. The Labute approximate surface area is 95.6 Å². The lowest BCUT2D eigenvalue weighted by molar-refractivity contribution is 1.05. The molecule has 0 aromatic carbocycles. The van der Waals surface area contributed by atoms with Crippen LogP contribution in [0.2, 0.25) is 0 Å². The number of aryl methyl sites for hydroxylation is 2. The SMILES string of the molecule is Cc1cccc(NCc2cnccc2C)n1. The molecule has 1 N–H and O–H groups in total. The topological polar surface area (TPSA) is 37.8 Å². The second-order valence-electron chi connectivity index (χ2n) is 3.82. The number of nitrogens with one attached hydrogen (secondary N) is 1. The molecule has 0 saturated carbocycles. The predicted octanol–water partition coefficient (Wildman–Crippen LogP) is 2.71. The van der Waals surface area contributed by atoms with Crippen molar-refractivity contribution in [2.45, 2.75) is 20.4 Å². The molecule has 3 nitrogen and oxygen atoms in total. The lowest BCUT2D eigenvalue weighted by atomic mass is 10.1. The van der Waals surface area contributed by atoms with Crippen LogP contribution in [0.1, 0.15) is 16.8 Å². The van der Waals surface area contributed by atoms with Crippen molar-refractivity contribution in [2.24, 2.45) is 0 Å². The molecule has 0 fully saturated rings. The molecule has 2 heterocycles. The molecular weight excluding hydrogens is 198 g/mol. The Bertz CT molecular complexity index is 480. The first kappa shape index (κ1) is 10.6. The van der Waals surface area contributed by atoms with Gasteiger partial charge in [-0.3, -0.25) is 4.98 Å². The molecule has 0 bridgehead atoms. The van der Waals surface area contributed by atoms with Gasteiger partial charge in [0.1, 0.15) is 5.82 Å². The van der Waals surface area contributed by atoms with Gasteiger partial charge in [-0.1, -0.05) is 6.07 Å². The van der Waals surface area contributed by atoms with Crippen molar-refractivity contribution >= 4 is 5.82 Å². The molecular formula is C13H15N3. The highest BCUT2D eigenvalue weighted by Crippen LogP contribution is 2.09. The van der Waals surface area contributed by atoms with Gasteiger partial charge in [0.05, 0.1) is 0 Å². The van der Waals surface area contributed by atoms with Gasteiger partial charge < -0.3 is 5.32 Å². The van der Waals surface area contributed by atoms with Crippen LogP contribution in [-0.4, -0.2) is 9.97 Å². The largest absolute Gasteiger partial charge is 0.366 e. The van der Waals surface area contributed by atoms with Crippen LogP contribution < -0.4 is 5.32 Å². The smallest absolute Gasteiger partial charge is 0.126 e. The van der Waals surface area contributed by atoms with Crippen LogP contribution in [0.5, 0.6) is 0 Å². The van der Waals surface area contributed by atoms with E-state index in [9.17, 15) is 0 Å². The molecule has 82 valence electrons. The van der Waals surface area contributed by atoms with Crippen molar-refractivity contribution in [3.8, 4) is 0 Å². The highest BCUT2D eigenvalue weighted by Gasteiger charge is 1.98. The predicted molar refractivity (Wildman–Crippen MR) is 65.3 cm³/mol. The second kappa shape index (κ2) is 4.75. The molecule has 0 radical (unpaired) electrons. The quantitative estimate of drug-likeness (QED) is 0.851. The van der Waals surface area contributed by atoms with Crippen molar-refractivity contribution < 1.29 is 0 Å². The van der Waals surface area contributed by atoms with Crippen molar-refractivity contribution in [1.29, 1.82) is 0 Å². The molecule has 0 amide bonds. The summed E-state index contributed by atoms with van der Waals surface area (Å²) in [7, 11) is 0. The lowest BCUT2D eigenvalue weighted by Crippen LogP contribution is -2.03. The van der Waals surface area contributed by atoms with E-state index in [4.69, 9.17) is 0 Å². The van der Waals surface area contributed by atoms with Crippen LogP contribution in [0.4, 0.5) is 5.82 Å². The molecule has 0 aliphatic heterocycles. The maximum Gasteiger partial charge on any atom is 0.126 e. The Hall–Kier alpha value is -1.90. The van der Waals surface area contributed by atoms with E-state index in [1.165, 1.54) is 11.1 Å². The maximum atomic E-state index is 4.39. The van der Waals surface area contributed by atoms with E-state index in [1.807, 2.05) is 43.6 Å². The summed E-state index contributed by atoms with van der Waals surface area (Å²) in [5.74, 6) is 0.906. The highest BCUT2D eigenvalue weighted by molar-refractivity contribution is 5.37. The molecule has 3 heteroatoms. The molecule has 0 atom stereocenters. The number of pyridine rings is 2. The first-order chi connectivity index (χ1) is 7.75. The van der Waals surface area contributed by atoms with E-state index in [0.717, 1.165) is 18.1 Å². The third kappa shape index (κ3) is 2.57. The summed E-state index contributed by atoms with van der Waals surface area (Å²) in [6.07, 6.45) is 3.70. The van der Waals surface area contributed by atoms with Crippen LogP contribution in [0.3, 0.4) is 0 Å². The van der Waals surface area contributed by atoms with Gasteiger partial charge in [0.25, 0.3) is 0 Å². The minimum Gasteiger partial charge on any atom is -0.366 e. The zero-order valence-corrected chi connectivity index (χ0v) is 9.57. The fraction of sp³-hybridized carbons (Fsp3) is 0.231. The van der Waals surface area contributed by atoms with E-state index >= 15 is 0 Å². The minimum absolute atomic E-state index is 0.760. The summed E-state index contributed by atoms with van der Waals surface area (Å²) in [4.78, 5) is 8.50. The zero-order chi connectivity index (χ0) is 11.4. The van der Waals surface area contributed by atoms with Crippen molar-refractivity contribution in [3.63, 3.8) is 0 Å². The first-order valence-electron chi connectivity index (χ1n) is 5.33. The summed E-state index contributed by atoms with van der Waals surface area (Å²) in [6, 6.07) is 7.97. The average Bonchev–Trinajstić information content (AvgIpc) is 2.28. The number of hydrogen-bond donors (Lipinski definition) is 1. The Morgan fingerprint density at radius 1 is 1.19 bits per heavy atom. The molecule has 0 unspecified atom stereocenters. The molecule has 0 aliphatic carbocycles. The Morgan fingerprint density at radius 3 is 2.81 bits per heavy atom. The normalized spacial score (nSPS) is 10.1. The van der Waals surface area contributed by atoms with Gasteiger partial charge >= 0.3 is 0 Å². The van der Waals surface area contributed by atoms with Crippen LogP contribution in [0, 0.1) is 13.8 Å². The molecule has 16 heavy (non-hydrogen) atoms. The molecule has 2 aromatic rings.